The zero-order valence-corrected chi connectivity index (χ0v) is 9.45. The number of alkyl halides is 1. The van der Waals surface area contributed by atoms with E-state index in [1.165, 1.54) is 0 Å². The van der Waals surface area contributed by atoms with Gasteiger partial charge in [-0.05, 0) is 30.7 Å². The van der Waals surface area contributed by atoms with Gasteiger partial charge in [0.15, 0.2) is 0 Å². The molecule has 2 aromatic rings. The van der Waals surface area contributed by atoms with E-state index in [2.05, 4.69) is 6.92 Å². The fourth-order valence-corrected chi connectivity index (χ4v) is 1.77. The van der Waals surface area contributed by atoms with Crippen molar-refractivity contribution in [2.75, 3.05) is 13.3 Å². The Kier molecular flexibility index (Phi) is 3.44. The molecular formula is C13H16FNO. The van der Waals surface area contributed by atoms with Crippen LogP contribution in [0.3, 0.4) is 0 Å². The third-order valence-corrected chi connectivity index (χ3v) is 2.54. The molecule has 0 saturated heterocycles. The second kappa shape index (κ2) is 5.01. The Hall–Kier alpha value is -1.51. The maximum absolute atomic E-state index is 12.3. The number of benzene rings is 1. The first-order valence-electron chi connectivity index (χ1n) is 5.63. The first kappa shape index (κ1) is 11.0. The topological polar surface area (TPSA) is 14.2 Å². The fourth-order valence-electron chi connectivity index (χ4n) is 1.77. The van der Waals surface area contributed by atoms with Crippen LogP contribution in [0, 0.1) is 0 Å². The summed E-state index contributed by atoms with van der Waals surface area (Å²) >= 11 is 0. The van der Waals surface area contributed by atoms with Crippen molar-refractivity contribution in [1.82, 2.24) is 4.57 Å². The quantitative estimate of drug-likeness (QED) is 0.754. The van der Waals surface area contributed by atoms with Gasteiger partial charge in [-0.1, -0.05) is 6.92 Å². The van der Waals surface area contributed by atoms with Crippen LogP contribution < -0.4 is 4.74 Å². The largest absolute Gasteiger partial charge is 0.494 e. The summed E-state index contributed by atoms with van der Waals surface area (Å²) in [5.74, 6) is 0.882. The molecule has 0 unspecified atom stereocenters. The zero-order chi connectivity index (χ0) is 11.4. The molecule has 1 heterocycles. The Morgan fingerprint density at radius 3 is 2.94 bits per heavy atom. The van der Waals surface area contributed by atoms with Crippen molar-refractivity contribution in [3.05, 3.63) is 30.5 Å². The van der Waals surface area contributed by atoms with Crippen LogP contribution >= 0.6 is 0 Å². The summed E-state index contributed by atoms with van der Waals surface area (Å²) in [5.41, 5.74) is 1.06. The molecule has 0 aliphatic rings. The van der Waals surface area contributed by atoms with Crippen LogP contribution in [0.5, 0.6) is 5.75 Å². The average Bonchev–Trinajstić information content (AvgIpc) is 2.70. The molecule has 2 rings (SSSR count). The van der Waals surface area contributed by atoms with Crippen molar-refractivity contribution in [2.45, 2.75) is 19.9 Å². The van der Waals surface area contributed by atoms with Crippen LogP contribution in [-0.2, 0) is 6.54 Å². The summed E-state index contributed by atoms with van der Waals surface area (Å²) in [5, 5.41) is 1.10. The molecule has 0 aliphatic heterocycles. The molecule has 0 saturated carbocycles. The van der Waals surface area contributed by atoms with Crippen LogP contribution in [0.15, 0.2) is 30.5 Å². The predicted molar refractivity (Wildman–Crippen MR) is 63.7 cm³/mol. The molecule has 0 spiro atoms. The molecule has 2 nitrogen and oxygen atoms in total. The van der Waals surface area contributed by atoms with E-state index in [9.17, 15) is 4.39 Å². The van der Waals surface area contributed by atoms with Crippen molar-refractivity contribution < 1.29 is 9.13 Å². The molecule has 0 N–H and O–H groups in total. The summed E-state index contributed by atoms with van der Waals surface area (Å²) in [6.45, 7) is 2.89. The molecule has 86 valence electrons. The second-order valence-electron chi connectivity index (χ2n) is 3.77. The molecule has 0 amide bonds. The summed E-state index contributed by atoms with van der Waals surface area (Å²) in [4.78, 5) is 0. The summed E-state index contributed by atoms with van der Waals surface area (Å²) < 4.78 is 19.7. The first-order valence-corrected chi connectivity index (χ1v) is 5.63. The van der Waals surface area contributed by atoms with E-state index in [1.54, 1.807) is 0 Å². The Balaban J connectivity index is 2.26. The maximum atomic E-state index is 12.3. The average molecular weight is 221 g/mol. The van der Waals surface area contributed by atoms with Gasteiger partial charge in [0.25, 0.3) is 0 Å². The number of rotatable bonds is 5. The monoisotopic (exact) mass is 221 g/mol. The minimum atomic E-state index is -0.335. The van der Waals surface area contributed by atoms with Crippen molar-refractivity contribution in [2.24, 2.45) is 0 Å². The molecule has 16 heavy (non-hydrogen) atoms. The highest BCUT2D eigenvalue weighted by Crippen LogP contribution is 2.22. The first-order chi connectivity index (χ1) is 7.85. The summed E-state index contributed by atoms with van der Waals surface area (Å²) in [6, 6.07) is 7.91. The minimum absolute atomic E-state index is 0.335. The number of halogens is 1. The van der Waals surface area contributed by atoms with Gasteiger partial charge in [-0.3, -0.25) is 0 Å². The molecule has 0 aliphatic carbocycles. The number of aromatic nitrogens is 1. The highest BCUT2D eigenvalue weighted by molar-refractivity contribution is 5.81. The number of ether oxygens (including phenoxy) is 1. The summed E-state index contributed by atoms with van der Waals surface area (Å²) in [6.07, 6.45) is 2.91. The lowest BCUT2D eigenvalue weighted by Gasteiger charge is -2.05. The van der Waals surface area contributed by atoms with Gasteiger partial charge in [-0.2, -0.15) is 0 Å². The Morgan fingerprint density at radius 1 is 1.31 bits per heavy atom. The third-order valence-electron chi connectivity index (χ3n) is 2.54. The van der Waals surface area contributed by atoms with E-state index in [4.69, 9.17) is 4.74 Å². The van der Waals surface area contributed by atoms with Crippen LogP contribution in [-0.4, -0.2) is 17.8 Å². The molecular weight excluding hydrogens is 205 g/mol. The highest BCUT2D eigenvalue weighted by atomic mass is 19.1. The molecule has 0 atom stereocenters. The SMILES string of the molecule is CCCOc1ccc2c(ccn2CCF)c1. The lowest BCUT2D eigenvalue weighted by atomic mass is 10.2. The van der Waals surface area contributed by atoms with Crippen LogP contribution in [0.4, 0.5) is 4.39 Å². The summed E-state index contributed by atoms with van der Waals surface area (Å²) in [7, 11) is 0. The molecule has 0 fully saturated rings. The smallest absolute Gasteiger partial charge is 0.120 e. The molecule has 0 radical (unpaired) electrons. The number of hydrogen-bond donors (Lipinski definition) is 0. The molecule has 1 aromatic carbocycles. The van der Waals surface area contributed by atoms with Crippen LogP contribution in [0.2, 0.25) is 0 Å². The molecule has 0 bridgehead atoms. The van der Waals surface area contributed by atoms with Gasteiger partial charge in [-0.15, -0.1) is 0 Å². The lowest BCUT2D eigenvalue weighted by Crippen LogP contribution is -1.97. The zero-order valence-electron chi connectivity index (χ0n) is 9.45. The highest BCUT2D eigenvalue weighted by Gasteiger charge is 2.02. The second-order valence-corrected chi connectivity index (χ2v) is 3.77. The van der Waals surface area contributed by atoms with Crippen molar-refractivity contribution in [1.29, 1.82) is 0 Å². The number of nitrogens with zero attached hydrogens (tertiary/aromatic N) is 1. The molecule has 1 aromatic heterocycles. The van der Waals surface area contributed by atoms with Gasteiger partial charge < -0.3 is 9.30 Å². The van der Waals surface area contributed by atoms with Crippen molar-refractivity contribution in [3.8, 4) is 5.75 Å². The predicted octanol–water partition coefficient (Wildman–Crippen LogP) is 3.40. The van der Waals surface area contributed by atoms with Gasteiger partial charge in [0.05, 0.1) is 13.2 Å². The normalized spacial score (nSPS) is 10.9. The van der Waals surface area contributed by atoms with E-state index in [0.717, 1.165) is 29.7 Å². The Bertz CT molecular complexity index is 464. The van der Waals surface area contributed by atoms with E-state index in [0.29, 0.717) is 6.54 Å². The number of hydrogen-bond acceptors (Lipinski definition) is 1. The van der Waals surface area contributed by atoms with E-state index < -0.39 is 0 Å². The minimum Gasteiger partial charge on any atom is -0.494 e. The van der Waals surface area contributed by atoms with Gasteiger partial charge in [0, 0.05) is 17.1 Å². The van der Waals surface area contributed by atoms with Crippen molar-refractivity contribution >= 4 is 10.9 Å². The van der Waals surface area contributed by atoms with Gasteiger partial charge in [0.1, 0.15) is 12.4 Å². The maximum Gasteiger partial charge on any atom is 0.120 e. The van der Waals surface area contributed by atoms with Gasteiger partial charge in [-0.25, -0.2) is 4.39 Å². The van der Waals surface area contributed by atoms with Crippen LogP contribution in [0.25, 0.3) is 10.9 Å². The number of aryl methyl sites for hydroxylation is 1. The van der Waals surface area contributed by atoms with Crippen LogP contribution in [0.1, 0.15) is 13.3 Å². The third kappa shape index (κ3) is 2.18. The standard InChI is InChI=1S/C13H16FNO/c1-2-9-16-12-3-4-13-11(10-12)5-7-15(13)8-6-14/h3-5,7,10H,2,6,8-9H2,1H3. The van der Waals surface area contributed by atoms with Gasteiger partial charge in [0.2, 0.25) is 0 Å². The Morgan fingerprint density at radius 2 is 2.19 bits per heavy atom. The van der Waals surface area contributed by atoms with Gasteiger partial charge >= 0.3 is 0 Å². The lowest BCUT2D eigenvalue weighted by molar-refractivity contribution is 0.318. The fraction of sp³-hybridized carbons (Fsp3) is 0.385. The number of fused-ring (bicyclic) bond motifs is 1. The van der Waals surface area contributed by atoms with E-state index in [-0.39, 0.29) is 6.67 Å². The van der Waals surface area contributed by atoms with Crippen molar-refractivity contribution in [3.63, 3.8) is 0 Å². The molecule has 3 heteroatoms. The Labute approximate surface area is 94.6 Å². The van der Waals surface area contributed by atoms with E-state index >= 15 is 0 Å². The van der Waals surface area contributed by atoms with E-state index in [1.807, 2.05) is 35.0 Å².